The van der Waals surface area contributed by atoms with Crippen LogP contribution in [0.25, 0.3) is 0 Å². The van der Waals surface area contributed by atoms with Crippen LogP contribution in [-0.4, -0.2) is 25.9 Å². The van der Waals surface area contributed by atoms with Crippen molar-refractivity contribution in [3.63, 3.8) is 0 Å². The fourth-order valence-corrected chi connectivity index (χ4v) is 10.4. The molecule has 0 unspecified atom stereocenters. The van der Waals surface area contributed by atoms with E-state index in [1.54, 1.807) is 0 Å². The molecule has 0 aromatic heterocycles. The Morgan fingerprint density at radius 3 is 0.640 bits per heavy atom. The maximum absolute atomic E-state index is 6.57. The van der Waals surface area contributed by atoms with Gasteiger partial charge in [0.15, 0.2) is 0 Å². The number of rotatable bonds is 44. The van der Waals surface area contributed by atoms with Crippen molar-refractivity contribution in [3.8, 4) is 0 Å². The van der Waals surface area contributed by atoms with Crippen molar-refractivity contribution in [3.05, 3.63) is 0 Å². The number of unbranched alkanes of at least 4 members (excludes halogenated alkanes) is 33. The Labute approximate surface area is 321 Å². The third-order valence-corrected chi connectivity index (χ3v) is 14.0. The van der Waals surface area contributed by atoms with Crippen LogP contribution in [0.2, 0.25) is 0 Å². The van der Waals surface area contributed by atoms with Gasteiger partial charge < -0.3 is 0 Å². The molecule has 0 atom stereocenters. The molecule has 50 heavy (non-hydrogen) atoms. The first-order chi connectivity index (χ1) is 24.6. The number of hydrogen-bond acceptors (Lipinski definition) is 4. The molecule has 0 saturated carbocycles. The second-order valence-electron chi connectivity index (χ2n) is 15.9. The van der Waals surface area contributed by atoms with Gasteiger partial charge in [-0.15, -0.1) is 0 Å². The average molecular weight is 747 g/mol. The van der Waals surface area contributed by atoms with E-state index in [4.69, 9.17) is 13.3 Å². The van der Waals surface area contributed by atoms with Gasteiger partial charge in [-0.25, -0.2) is 0 Å². The Kier molecular flexibility index (Phi) is 42.8. The summed E-state index contributed by atoms with van der Waals surface area (Å²) in [7, 11) is 0. The van der Waals surface area contributed by atoms with Gasteiger partial charge in [-0.3, -0.25) is 0 Å². The first-order valence-corrected chi connectivity index (χ1v) is 25.7. The predicted octanol–water partition coefficient (Wildman–Crippen LogP) is 16.4. The topological polar surface area (TPSA) is 36.9 Å². The van der Waals surface area contributed by atoms with Crippen LogP contribution in [0.3, 0.4) is 0 Å². The van der Waals surface area contributed by atoms with Crippen LogP contribution < -0.4 is 0 Å². The van der Waals surface area contributed by atoms with Crippen LogP contribution in [0.1, 0.15) is 266 Å². The molecule has 0 N–H and O–H groups in total. The van der Waals surface area contributed by atoms with Crippen LogP contribution in [0.4, 0.5) is 0 Å². The second-order valence-corrected chi connectivity index (χ2v) is 19.2. The summed E-state index contributed by atoms with van der Waals surface area (Å²) in [5.41, 5.74) is 0. The zero-order valence-corrected chi connectivity index (χ0v) is 36.8. The van der Waals surface area contributed by atoms with Crippen LogP contribution in [0.5, 0.6) is 0 Å². The molecule has 0 bridgehead atoms. The fourth-order valence-electron chi connectivity index (χ4n) is 6.94. The molecule has 302 valence electrons. The van der Waals surface area contributed by atoms with Crippen molar-refractivity contribution in [2.45, 2.75) is 272 Å². The third-order valence-electron chi connectivity index (χ3n) is 10.2. The zero-order chi connectivity index (χ0) is 36.5. The van der Waals surface area contributed by atoms with Gasteiger partial charge in [0, 0.05) is 0 Å². The molecule has 0 aromatic carbocycles. The summed E-state index contributed by atoms with van der Waals surface area (Å²) in [5.74, 6) is 0. The van der Waals surface area contributed by atoms with Gasteiger partial charge in [0.2, 0.25) is 0 Å². The summed E-state index contributed by atoms with van der Waals surface area (Å²) >= 11 is -3.79. The van der Waals surface area contributed by atoms with Crippen LogP contribution in [-0.2, 0) is 31.4 Å². The Hall–Kier alpha value is 0.554. The van der Waals surface area contributed by atoms with Gasteiger partial charge in [0.25, 0.3) is 0 Å². The zero-order valence-electron chi connectivity index (χ0n) is 35.3. The Balaban J connectivity index is 4.45. The van der Waals surface area contributed by atoms with Crippen molar-refractivity contribution in [2.75, 3.05) is 19.8 Å². The quantitative estimate of drug-likeness (QED) is 0.0460. The van der Waals surface area contributed by atoms with Crippen molar-refractivity contribution in [1.82, 2.24) is 0 Å². The molecule has 0 spiro atoms. The van der Waals surface area contributed by atoms with E-state index in [-0.39, 0.29) is 6.10 Å². The van der Waals surface area contributed by atoms with Gasteiger partial charge in [0.05, 0.1) is 0 Å². The predicted molar refractivity (Wildman–Crippen MR) is 217 cm³/mol. The van der Waals surface area contributed by atoms with Gasteiger partial charge in [-0.1, -0.05) is 59.3 Å². The van der Waals surface area contributed by atoms with E-state index in [1.807, 2.05) is 0 Å². The summed E-state index contributed by atoms with van der Waals surface area (Å²) in [6.45, 7) is 13.2. The van der Waals surface area contributed by atoms with E-state index in [0.717, 1.165) is 19.3 Å². The summed E-state index contributed by atoms with van der Waals surface area (Å²) in [4.78, 5) is 0. The first-order valence-electron chi connectivity index (χ1n) is 23.2. The van der Waals surface area contributed by atoms with Crippen molar-refractivity contribution >= 4 is 0 Å². The molecule has 4 nitrogen and oxygen atoms in total. The van der Waals surface area contributed by atoms with Crippen molar-refractivity contribution in [1.29, 1.82) is 0 Å². The van der Waals surface area contributed by atoms with Crippen LogP contribution in [0, 0.1) is 0 Å². The molecule has 5 heteroatoms. The van der Waals surface area contributed by atoms with Gasteiger partial charge in [-0.2, -0.15) is 0 Å². The minimum atomic E-state index is -3.79. The summed E-state index contributed by atoms with van der Waals surface area (Å²) in [6, 6.07) is 0. The summed E-state index contributed by atoms with van der Waals surface area (Å²) < 4.78 is 26.2. The average Bonchev–Trinajstić information content (AvgIpc) is 3.10. The number of hydrogen-bond donors (Lipinski definition) is 0. The van der Waals surface area contributed by atoms with E-state index < -0.39 is 18.1 Å². The van der Waals surface area contributed by atoms with Crippen molar-refractivity contribution in [2.24, 2.45) is 0 Å². The minimum absolute atomic E-state index is 0.0564. The molecule has 0 heterocycles. The molecule has 0 aromatic rings. The van der Waals surface area contributed by atoms with Crippen LogP contribution in [0.15, 0.2) is 0 Å². The molecule has 0 aliphatic carbocycles. The monoisotopic (exact) mass is 747 g/mol. The standard InChI is InChI=1S/3C14H29O.C3H7O.Ti/c3*1-2-3-4-5-6-7-8-9-10-11-12-13-14-15;1-3(2)4;/h3*2-14H2,1H3;3H,1-2H3;/q4*-1;+4. The fraction of sp³-hybridized carbons (Fsp3) is 1.00. The molecule has 0 rings (SSSR count). The Bertz CT molecular complexity index is 542. The van der Waals surface area contributed by atoms with Crippen LogP contribution >= 0.6 is 0 Å². The molecule has 0 aliphatic rings. The second kappa shape index (κ2) is 42.3. The first kappa shape index (κ1) is 50.6. The molecule has 0 saturated heterocycles. The molecule has 0 amide bonds. The normalized spacial score (nSPS) is 12.1. The van der Waals surface area contributed by atoms with Gasteiger partial charge in [0.1, 0.15) is 0 Å². The van der Waals surface area contributed by atoms with E-state index in [9.17, 15) is 0 Å². The molecule has 0 radical (unpaired) electrons. The molecular formula is C45H94O4Ti. The van der Waals surface area contributed by atoms with E-state index in [1.165, 1.54) is 212 Å². The molecule has 0 aliphatic heterocycles. The Morgan fingerprint density at radius 2 is 0.460 bits per heavy atom. The molecule has 0 fully saturated rings. The van der Waals surface area contributed by atoms with E-state index in [2.05, 4.69) is 34.6 Å². The summed E-state index contributed by atoms with van der Waals surface area (Å²) in [6.07, 6.45) is 48.7. The van der Waals surface area contributed by atoms with E-state index >= 15 is 0 Å². The van der Waals surface area contributed by atoms with E-state index in [0.29, 0.717) is 19.8 Å². The maximum atomic E-state index is 6.57. The Morgan fingerprint density at radius 1 is 0.280 bits per heavy atom. The van der Waals surface area contributed by atoms with Gasteiger partial charge in [-0.05, 0) is 0 Å². The third kappa shape index (κ3) is 38.3. The van der Waals surface area contributed by atoms with Gasteiger partial charge >= 0.3 is 264 Å². The molecular weight excluding hydrogens is 652 g/mol. The SMILES string of the molecule is CCCCCCCCCCCCCC[O][Ti]([O]CCCCCCCCCCCCCC)([O]CCCCCCCCCCCCCC)[O]C(C)C. The van der Waals surface area contributed by atoms with Crippen molar-refractivity contribution < 1.29 is 31.4 Å². The summed E-state index contributed by atoms with van der Waals surface area (Å²) in [5, 5.41) is 0.